The zero-order valence-corrected chi connectivity index (χ0v) is 8.95. The molecule has 1 aromatic rings. The van der Waals surface area contributed by atoms with Crippen molar-refractivity contribution in [2.75, 3.05) is 0 Å². The Bertz CT molecular complexity index is 431. The van der Waals surface area contributed by atoms with Gasteiger partial charge in [-0.2, -0.15) is 0 Å². The molecule has 0 heterocycles. The van der Waals surface area contributed by atoms with E-state index in [1.54, 1.807) is 0 Å². The molecule has 0 aliphatic heterocycles. The van der Waals surface area contributed by atoms with E-state index in [4.69, 9.17) is 5.11 Å². The molecule has 4 nitrogen and oxygen atoms in total. The molecule has 1 atom stereocenters. The lowest BCUT2D eigenvalue weighted by Crippen LogP contribution is -2.32. The standard InChI is InChI=1S/C11H12FNO3/c1-6-5-8(3-4-9(6)12)10(11(15)16)13-7(2)14/h3-5,10H,1-2H3,(H,13,14)(H,15,16)/t10-/m0/s1. The molecule has 0 aromatic heterocycles. The Morgan fingerprint density at radius 2 is 2.06 bits per heavy atom. The largest absolute Gasteiger partial charge is 0.479 e. The molecular weight excluding hydrogens is 213 g/mol. The smallest absolute Gasteiger partial charge is 0.330 e. The van der Waals surface area contributed by atoms with Gasteiger partial charge in [-0.25, -0.2) is 9.18 Å². The van der Waals surface area contributed by atoms with Crippen LogP contribution in [0.5, 0.6) is 0 Å². The number of hydrogen-bond donors (Lipinski definition) is 2. The van der Waals surface area contributed by atoms with E-state index in [9.17, 15) is 14.0 Å². The summed E-state index contributed by atoms with van der Waals surface area (Å²) < 4.78 is 13.0. The van der Waals surface area contributed by atoms with Crippen LogP contribution in [0.25, 0.3) is 0 Å². The zero-order chi connectivity index (χ0) is 12.3. The van der Waals surface area contributed by atoms with Gasteiger partial charge in [0.1, 0.15) is 5.82 Å². The van der Waals surface area contributed by atoms with E-state index in [0.29, 0.717) is 11.1 Å². The third-order valence-electron chi connectivity index (χ3n) is 2.11. The van der Waals surface area contributed by atoms with Gasteiger partial charge in [0.15, 0.2) is 6.04 Å². The third kappa shape index (κ3) is 2.79. The first-order valence-electron chi connectivity index (χ1n) is 4.67. The number of amides is 1. The van der Waals surface area contributed by atoms with Crippen molar-refractivity contribution in [1.29, 1.82) is 0 Å². The first-order valence-corrected chi connectivity index (χ1v) is 4.67. The van der Waals surface area contributed by atoms with Crippen LogP contribution in [0, 0.1) is 12.7 Å². The first kappa shape index (κ1) is 12.2. The Morgan fingerprint density at radius 1 is 1.44 bits per heavy atom. The highest BCUT2D eigenvalue weighted by atomic mass is 19.1. The molecule has 0 fully saturated rings. The minimum Gasteiger partial charge on any atom is -0.479 e. The van der Waals surface area contributed by atoms with Crippen molar-refractivity contribution in [1.82, 2.24) is 5.32 Å². The fraction of sp³-hybridized carbons (Fsp3) is 0.273. The molecule has 0 bridgehead atoms. The monoisotopic (exact) mass is 225 g/mol. The van der Waals surface area contributed by atoms with Crippen molar-refractivity contribution in [3.63, 3.8) is 0 Å². The van der Waals surface area contributed by atoms with Crippen LogP contribution in [-0.4, -0.2) is 17.0 Å². The maximum absolute atomic E-state index is 13.0. The number of carboxylic acid groups (broad SMARTS) is 1. The predicted octanol–water partition coefficient (Wildman–Crippen LogP) is 1.40. The molecule has 0 spiro atoms. The Hall–Kier alpha value is -1.91. The lowest BCUT2D eigenvalue weighted by Gasteiger charge is -2.14. The number of hydrogen-bond acceptors (Lipinski definition) is 2. The molecule has 16 heavy (non-hydrogen) atoms. The number of benzene rings is 1. The molecular formula is C11H12FNO3. The highest BCUT2D eigenvalue weighted by Gasteiger charge is 2.21. The second kappa shape index (κ2) is 4.74. The fourth-order valence-corrected chi connectivity index (χ4v) is 1.34. The minimum atomic E-state index is -1.18. The van der Waals surface area contributed by atoms with Crippen LogP contribution in [0.1, 0.15) is 24.1 Å². The van der Waals surface area contributed by atoms with Gasteiger partial charge in [-0.3, -0.25) is 4.79 Å². The highest BCUT2D eigenvalue weighted by molar-refractivity contribution is 5.83. The van der Waals surface area contributed by atoms with Crippen LogP contribution in [0.2, 0.25) is 0 Å². The lowest BCUT2D eigenvalue weighted by molar-refractivity contribution is -0.141. The van der Waals surface area contributed by atoms with Gasteiger partial charge in [-0.15, -0.1) is 0 Å². The molecule has 0 aliphatic rings. The Labute approximate surface area is 92.1 Å². The minimum absolute atomic E-state index is 0.342. The second-order valence-electron chi connectivity index (χ2n) is 3.48. The Kier molecular flexibility index (Phi) is 3.60. The summed E-state index contributed by atoms with van der Waals surface area (Å²) in [5, 5.41) is 11.2. The molecule has 2 N–H and O–H groups in total. The molecule has 86 valence electrons. The summed E-state index contributed by atoms with van der Waals surface area (Å²) in [6.45, 7) is 2.76. The summed E-state index contributed by atoms with van der Waals surface area (Å²) in [6.07, 6.45) is 0. The van der Waals surface area contributed by atoms with Gasteiger partial charge >= 0.3 is 5.97 Å². The van der Waals surface area contributed by atoms with E-state index >= 15 is 0 Å². The molecule has 0 saturated heterocycles. The summed E-state index contributed by atoms with van der Waals surface area (Å²) in [5.74, 6) is -2.04. The van der Waals surface area contributed by atoms with Crippen LogP contribution in [0.4, 0.5) is 4.39 Å². The summed E-state index contributed by atoms with van der Waals surface area (Å²) >= 11 is 0. The fourth-order valence-electron chi connectivity index (χ4n) is 1.34. The van der Waals surface area contributed by atoms with Gasteiger partial charge in [0.2, 0.25) is 5.91 Å². The number of carboxylic acids is 1. The van der Waals surface area contributed by atoms with Crippen LogP contribution >= 0.6 is 0 Å². The van der Waals surface area contributed by atoms with Gasteiger partial charge in [-0.05, 0) is 24.1 Å². The maximum Gasteiger partial charge on any atom is 0.330 e. The second-order valence-corrected chi connectivity index (χ2v) is 3.48. The third-order valence-corrected chi connectivity index (χ3v) is 2.11. The molecule has 0 radical (unpaired) electrons. The summed E-state index contributed by atoms with van der Waals surface area (Å²) in [7, 11) is 0. The van der Waals surface area contributed by atoms with Gasteiger partial charge in [0, 0.05) is 6.92 Å². The lowest BCUT2D eigenvalue weighted by atomic mass is 10.0. The topological polar surface area (TPSA) is 66.4 Å². The van der Waals surface area contributed by atoms with Crippen LogP contribution < -0.4 is 5.32 Å². The zero-order valence-electron chi connectivity index (χ0n) is 8.95. The van der Waals surface area contributed by atoms with Crippen molar-refractivity contribution >= 4 is 11.9 Å². The van der Waals surface area contributed by atoms with E-state index < -0.39 is 23.7 Å². The van der Waals surface area contributed by atoms with E-state index in [1.807, 2.05) is 0 Å². The number of carbonyl (C=O) groups excluding carboxylic acids is 1. The van der Waals surface area contributed by atoms with Crippen LogP contribution in [-0.2, 0) is 9.59 Å². The number of carbonyl (C=O) groups is 2. The van der Waals surface area contributed by atoms with E-state index in [-0.39, 0.29) is 0 Å². The van der Waals surface area contributed by atoms with Crippen molar-refractivity contribution in [3.05, 3.63) is 35.1 Å². The summed E-state index contributed by atoms with van der Waals surface area (Å²) in [5.41, 5.74) is 0.690. The van der Waals surface area contributed by atoms with Crippen molar-refractivity contribution in [2.45, 2.75) is 19.9 Å². The van der Waals surface area contributed by atoms with Crippen molar-refractivity contribution in [2.24, 2.45) is 0 Å². The highest BCUT2D eigenvalue weighted by Crippen LogP contribution is 2.17. The van der Waals surface area contributed by atoms with Gasteiger partial charge in [-0.1, -0.05) is 12.1 Å². The van der Waals surface area contributed by atoms with Gasteiger partial charge in [0.05, 0.1) is 0 Å². The van der Waals surface area contributed by atoms with Crippen molar-refractivity contribution in [3.8, 4) is 0 Å². The SMILES string of the molecule is CC(=O)N[C@H](C(=O)O)c1ccc(F)c(C)c1. The average Bonchev–Trinajstić information content (AvgIpc) is 2.18. The van der Waals surface area contributed by atoms with Crippen LogP contribution in [0.15, 0.2) is 18.2 Å². The van der Waals surface area contributed by atoms with Crippen molar-refractivity contribution < 1.29 is 19.1 Å². The molecule has 1 amide bonds. The molecule has 0 unspecified atom stereocenters. The Morgan fingerprint density at radius 3 is 2.50 bits per heavy atom. The number of aryl methyl sites for hydroxylation is 1. The number of halogens is 1. The van der Waals surface area contributed by atoms with E-state index in [2.05, 4.69) is 5.32 Å². The van der Waals surface area contributed by atoms with Gasteiger partial charge < -0.3 is 10.4 Å². The molecule has 1 rings (SSSR count). The summed E-state index contributed by atoms with van der Waals surface area (Å²) in [6, 6.07) is 2.79. The quantitative estimate of drug-likeness (QED) is 0.817. The number of aliphatic carboxylic acids is 1. The average molecular weight is 225 g/mol. The molecule has 1 aromatic carbocycles. The number of rotatable bonds is 3. The normalized spacial score (nSPS) is 11.9. The molecule has 0 saturated carbocycles. The summed E-state index contributed by atoms with van der Waals surface area (Å²) in [4.78, 5) is 21.8. The van der Waals surface area contributed by atoms with E-state index in [0.717, 1.165) is 0 Å². The molecule has 0 aliphatic carbocycles. The first-order chi connectivity index (χ1) is 7.41. The Balaban J connectivity index is 3.06. The maximum atomic E-state index is 13.0. The van der Waals surface area contributed by atoms with Crippen LogP contribution in [0.3, 0.4) is 0 Å². The predicted molar refractivity (Wildman–Crippen MR) is 55.3 cm³/mol. The number of nitrogens with one attached hydrogen (secondary N) is 1. The van der Waals surface area contributed by atoms with Gasteiger partial charge in [0.25, 0.3) is 0 Å². The van der Waals surface area contributed by atoms with E-state index in [1.165, 1.54) is 32.0 Å². The molecule has 5 heteroatoms.